The molecule has 0 saturated heterocycles. The van der Waals surface area contributed by atoms with E-state index in [0.29, 0.717) is 20.9 Å². The largest absolute Gasteiger partial charge is 0.416 e. The lowest BCUT2D eigenvalue weighted by atomic mass is 10.2. The van der Waals surface area contributed by atoms with Gasteiger partial charge in [-0.25, -0.2) is 32.7 Å². The van der Waals surface area contributed by atoms with Gasteiger partial charge in [0.1, 0.15) is 11.4 Å². The Bertz CT molecular complexity index is 1710. The van der Waals surface area contributed by atoms with Gasteiger partial charge in [-0.3, -0.25) is 4.57 Å². The maximum Gasteiger partial charge on any atom is 0.416 e. The van der Waals surface area contributed by atoms with Crippen LogP contribution in [0.1, 0.15) is 18.6 Å². The SMILES string of the molecule is CC(F)(F)c1nc(Cn2nc(-c3ccc(Cl)cc3)n(CC(O)C(F)(F)F)c2=O)nn1-c1ccccc1S(N)(=O)=O. The highest BCUT2D eigenvalue weighted by atomic mass is 35.5. The highest BCUT2D eigenvalue weighted by molar-refractivity contribution is 7.89. The van der Waals surface area contributed by atoms with E-state index in [1.54, 1.807) is 0 Å². The number of para-hydroxylation sites is 1. The lowest BCUT2D eigenvalue weighted by Crippen LogP contribution is -2.37. The Morgan fingerprint density at radius 1 is 1.05 bits per heavy atom. The maximum atomic E-state index is 14.5. The molecule has 11 nitrogen and oxygen atoms in total. The van der Waals surface area contributed by atoms with Gasteiger partial charge in [0.15, 0.2) is 17.8 Å². The fourth-order valence-corrected chi connectivity index (χ4v) is 4.52. The molecule has 4 aromatic rings. The van der Waals surface area contributed by atoms with Gasteiger partial charge < -0.3 is 5.11 Å². The molecule has 3 N–H and O–H groups in total. The molecule has 1 atom stereocenters. The van der Waals surface area contributed by atoms with Crippen molar-refractivity contribution in [3.8, 4) is 17.1 Å². The van der Waals surface area contributed by atoms with Gasteiger partial charge in [0.2, 0.25) is 15.8 Å². The molecule has 0 radical (unpaired) electrons. The zero-order valence-corrected chi connectivity index (χ0v) is 21.8. The van der Waals surface area contributed by atoms with Crippen molar-refractivity contribution >= 4 is 21.6 Å². The molecule has 0 spiro atoms. The van der Waals surface area contributed by atoms with Crippen LogP contribution in [0.15, 0.2) is 58.2 Å². The minimum atomic E-state index is -5.06. The zero-order valence-electron chi connectivity index (χ0n) is 20.2. The number of aliphatic hydroxyl groups is 1. The Balaban J connectivity index is 1.84. The van der Waals surface area contributed by atoms with Crippen LogP contribution in [0, 0.1) is 0 Å². The fourth-order valence-electron chi connectivity index (χ4n) is 3.68. The van der Waals surface area contributed by atoms with Crippen molar-refractivity contribution < 1.29 is 35.5 Å². The first-order valence-electron chi connectivity index (χ1n) is 11.1. The Kier molecular flexibility index (Phi) is 7.61. The Morgan fingerprint density at radius 3 is 2.25 bits per heavy atom. The van der Waals surface area contributed by atoms with Gasteiger partial charge in [0.05, 0.1) is 12.2 Å². The maximum absolute atomic E-state index is 14.5. The molecule has 2 heterocycles. The molecule has 2 aromatic carbocycles. The van der Waals surface area contributed by atoms with E-state index in [1.165, 1.54) is 36.4 Å². The van der Waals surface area contributed by atoms with Gasteiger partial charge >= 0.3 is 17.8 Å². The Hall–Kier alpha value is -3.67. The van der Waals surface area contributed by atoms with Gasteiger partial charge in [-0.15, -0.1) is 10.2 Å². The van der Waals surface area contributed by atoms with E-state index in [-0.39, 0.29) is 22.1 Å². The van der Waals surface area contributed by atoms with Crippen LogP contribution in [-0.2, 0) is 29.0 Å². The van der Waals surface area contributed by atoms with Crippen LogP contribution >= 0.6 is 11.6 Å². The molecule has 0 aliphatic rings. The quantitative estimate of drug-likeness (QED) is 0.292. The van der Waals surface area contributed by atoms with Crippen molar-refractivity contribution in [1.29, 1.82) is 0 Å². The summed E-state index contributed by atoms with van der Waals surface area (Å²) in [5.41, 5.74) is -1.33. The van der Waals surface area contributed by atoms with E-state index in [2.05, 4.69) is 15.2 Å². The van der Waals surface area contributed by atoms with E-state index >= 15 is 0 Å². The summed E-state index contributed by atoms with van der Waals surface area (Å²) in [6.07, 6.45) is -7.98. The molecule has 40 heavy (non-hydrogen) atoms. The minimum Gasteiger partial charge on any atom is -0.382 e. The van der Waals surface area contributed by atoms with Crippen LogP contribution < -0.4 is 10.8 Å². The highest BCUT2D eigenvalue weighted by Gasteiger charge is 2.39. The number of nitrogens with two attached hydrogens (primary N) is 1. The van der Waals surface area contributed by atoms with Crippen molar-refractivity contribution in [3.05, 3.63) is 75.7 Å². The molecule has 0 aliphatic heterocycles. The van der Waals surface area contributed by atoms with Crippen LogP contribution in [0.4, 0.5) is 22.0 Å². The van der Waals surface area contributed by atoms with Crippen molar-refractivity contribution in [2.45, 2.75) is 43.1 Å². The second-order valence-electron chi connectivity index (χ2n) is 8.60. The molecule has 2 aromatic heterocycles. The number of alkyl halides is 5. The summed E-state index contributed by atoms with van der Waals surface area (Å²) in [7, 11) is -4.39. The Labute approximate surface area is 227 Å². The standard InChI is InChI=1S/C22H19ClF5N7O4S/c1-21(24,25)19-30-17(31-35(19)14-4-2-3-5-15(14)40(29,38)39)11-34-20(37)33(10-16(36)22(26,27)28)18(32-34)12-6-8-13(23)9-7-12/h2-9,16,36H,10-11H2,1H3,(H2,29,38,39). The van der Waals surface area contributed by atoms with E-state index < -0.39 is 63.5 Å². The molecule has 0 fully saturated rings. The average molecular weight is 608 g/mol. The predicted molar refractivity (Wildman–Crippen MR) is 130 cm³/mol. The Morgan fingerprint density at radius 2 is 1.68 bits per heavy atom. The third-order valence-electron chi connectivity index (χ3n) is 5.49. The summed E-state index contributed by atoms with van der Waals surface area (Å²) in [6.45, 7) is -1.45. The number of rotatable bonds is 8. The summed E-state index contributed by atoms with van der Waals surface area (Å²) in [4.78, 5) is 16.3. The third kappa shape index (κ3) is 6.06. The average Bonchev–Trinajstić information content (AvgIpc) is 3.41. The third-order valence-corrected chi connectivity index (χ3v) is 6.70. The topological polar surface area (TPSA) is 151 Å². The van der Waals surface area contributed by atoms with Gasteiger partial charge in [0, 0.05) is 17.5 Å². The zero-order chi connectivity index (χ0) is 29.6. The number of hydrogen-bond acceptors (Lipinski definition) is 7. The lowest BCUT2D eigenvalue weighted by Gasteiger charge is -2.15. The second-order valence-corrected chi connectivity index (χ2v) is 10.6. The van der Waals surface area contributed by atoms with E-state index in [0.717, 1.165) is 12.1 Å². The summed E-state index contributed by atoms with van der Waals surface area (Å²) < 4.78 is 94.1. The first-order valence-corrected chi connectivity index (χ1v) is 13.0. The van der Waals surface area contributed by atoms with Crippen molar-refractivity contribution in [2.75, 3.05) is 0 Å². The number of sulfonamides is 1. The van der Waals surface area contributed by atoms with Crippen molar-refractivity contribution in [2.24, 2.45) is 5.14 Å². The molecule has 1 unspecified atom stereocenters. The molecule has 214 valence electrons. The first-order chi connectivity index (χ1) is 18.5. The van der Waals surface area contributed by atoms with Gasteiger partial charge in [0.25, 0.3) is 0 Å². The summed E-state index contributed by atoms with van der Waals surface area (Å²) in [6, 6.07) is 10.4. The lowest BCUT2D eigenvalue weighted by molar-refractivity contribution is -0.207. The normalized spacial score (nSPS) is 13.5. The molecule has 18 heteroatoms. The molecule has 0 amide bonds. The molecule has 0 bridgehead atoms. The number of primary sulfonamides is 1. The van der Waals surface area contributed by atoms with Crippen LogP contribution in [0.25, 0.3) is 17.1 Å². The summed E-state index contributed by atoms with van der Waals surface area (Å²) in [5.74, 6) is -5.40. The van der Waals surface area contributed by atoms with E-state index in [4.69, 9.17) is 16.7 Å². The van der Waals surface area contributed by atoms with Gasteiger partial charge in [-0.2, -0.15) is 22.0 Å². The smallest absolute Gasteiger partial charge is 0.382 e. The predicted octanol–water partition coefficient (Wildman–Crippen LogP) is 2.68. The number of hydrogen-bond donors (Lipinski definition) is 2. The van der Waals surface area contributed by atoms with Gasteiger partial charge in [-0.1, -0.05) is 23.7 Å². The second kappa shape index (κ2) is 10.4. The van der Waals surface area contributed by atoms with Crippen LogP contribution in [0.2, 0.25) is 5.02 Å². The minimum absolute atomic E-state index is 0.163. The number of halogens is 6. The number of benzene rings is 2. The molecular formula is C22H19ClF5N7O4S. The molecule has 0 aliphatic carbocycles. The van der Waals surface area contributed by atoms with E-state index in [9.17, 15) is 40.3 Å². The summed E-state index contributed by atoms with van der Waals surface area (Å²) >= 11 is 5.86. The highest BCUT2D eigenvalue weighted by Crippen LogP contribution is 2.30. The van der Waals surface area contributed by atoms with Crippen molar-refractivity contribution in [1.82, 2.24) is 29.1 Å². The number of aromatic nitrogens is 6. The number of aliphatic hydroxyl groups excluding tert-OH is 1. The van der Waals surface area contributed by atoms with Crippen molar-refractivity contribution in [3.63, 3.8) is 0 Å². The molecule has 0 saturated carbocycles. The monoisotopic (exact) mass is 607 g/mol. The fraction of sp³-hybridized carbons (Fsp3) is 0.273. The molecule has 4 rings (SSSR count). The van der Waals surface area contributed by atoms with Gasteiger partial charge in [-0.05, 0) is 36.4 Å². The number of nitrogens with zero attached hydrogens (tertiary/aromatic N) is 6. The van der Waals surface area contributed by atoms with Crippen LogP contribution in [0.5, 0.6) is 0 Å². The summed E-state index contributed by atoms with van der Waals surface area (Å²) in [5, 5.41) is 23.1. The van der Waals surface area contributed by atoms with E-state index in [1.807, 2.05) is 0 Å². The van der Waals surface area contributed by atoms with Crippen LogP contribution in [-0.4, -0.2) is 54.9 Å². The molecular weight excluding hydrogens is 589 g/mol. The first kappa shape index (κ1) is 29.3. The van der Waals surface area contributed by atoms with Crippen LogP contribution in [0.3, 0.4) is 0 Å².